The number of hydrogen-bond donors (Lipinski definition) is 1. The third-order valence-electron chi connectivity index (χ3n) is 5.27. The fourth-order valence-electron chi connectivity index (χ4n) is 2.97. The van der Waals surface area contributed by atoms with Crippen LogP contribution < -0.4 is 9.62 Å². The number of pyridine rings is 1. The lowest BCUT2D eigenvalue weighted by Gasteiger charge is -2.17. The highest BCUT2D eigenvalue weighted by Crippen LogP contribution is 2.29. The summed E-state index contributed by atoms with van der Waals surface area (Å²) < 4.78 is 77.4. The molecular weight excluding hydrogens is 474 g/mol. The summed E-state index contributed by atoms with van der Waals surface area (Å²) in [6, 6.07) is 6.04. The van der Waals surface area contributed by atoms with Crippen LogP contribution in [0.15, 0.2) is 36.4 Å². The minimum absolute atomic E-state index is 0.0338. The summed E-state index contributed by atoms with van der Waals surface area (Å²) >= 11 is 0. The second-order valence-corrected chi connectivity index (χ2v) is 10.0. The Bertz CT molecular complexity index is 1160. The second kappa shape index (κ2) is 11.0. The molecule has 0 saturated carbocycles. The number of sulfonamides is 1. The largest absolute Gasteiger partial charge is 0.433 e. The number of hydrogen-bond acceptors (Lipinski definition) is 4. The number of rotatable bonds is 9. The first-order chi connectivity index (χ1) is 15.7. The Kier molecular flexibility index (Phi) is 8.82. The van der Waals surface area contributed by atoms with Gasteiger partial charge in [-0.1, -0.05) is 32.4 Å². The summed E-state index contributed by atoms with van der Waals surface area (Å²) in [7, 11) is -2.40. The van der Waals surface area contributed by atoms with Crippen molar-refractivity contribution < 1.29 is 30.8 Å². The maximum absolute atomic E-state index is 14.3. The molecule has 1 unspecified atom stereocenters. The van der Waals surface area contributed by atoms with E-state index in [2.05, 4.69) is 10.3 Å². The van der Waals surface area contributed by atoms with Crippen LogP contribution in [0, 0.1) is 11.7 Å². The second-order valence-electron chi connectivity index (χ2n) is 8.02. The first kappa shape index (κ1) is 27.3. The van der Waals surface area contributed by atoms with E-state index in [-0.39, 0.29) is 23.8 Å². The van der Waals surface area contributed by atoms with Crippen LogP contribution in [-0.4, -0.2) is 32.6 Å². The van der Waals surface area contributed by atoms with E-state index in [1.807, 2.05) is 13.8 Å². The number of carbonyl (C=O) groups is 1. The number of alkyl halides is 3. The molecule has 1 amide bonds. The number of nitrogens with one attached hydrogen (secondary N) is 1. The van der Waals surface area contributed by atoms with Crippen molar-refractivity contribution in [2.45, 2.75) is 39.4 Å². The molecule has 1 N–H and O–H groups in total. The van der Waals surface area contributed by atoms with Crippen LogP contribution in [0.25, 0.3) is 6.08 Å². The van der Waals surface area contributed by atoms with Crippen molar-refractivity contribution in [1.29, 1.82) is 0 Å². The van der Waals surface area contributed by atoms with Crippen molar-refractivity contribution in [3.63, 3.8) is 0 Å². The lowest BCUT2D eigenvalue weighted by atomic mass is 9.99. The molecule has 2 rings (SSSR count). The molecular formula is C23H27F4N3O3S. The van der Waals surface area contributed by atoms with Crippen LogP contribution in [0.1, 0.15) is 42.8 Å². The molecule has 1 aromatic heterocycles. The minimum atomic E-state index is -4.56. The number of anilines is 1. The Labute approximate surface area is 196 Å². The first-order valence-electron chi connectivity index (χ1n) is 10.5. The number of benzene rings is 1. The maximum Gasteiger partial charge on any atom is 0.433 e. The molecule has 2 aromatic rings. The molecule has 1 aromatic carbocycles. The highest BCUT2D eigenvalue weighted by atomic mass is 32.2. The van der Waals surface area contributed by atoms with E-state index in [4.69, 9.17) is 0 Å². The van der Waals surface area contributed by atoms with Gasteiger partial charge in [-0.3, -0.25) is 9.10 Å². The van der Waals surface area contributed by atoms with Gasteiger partial charge in [-0.15, -0.1) is 0 Å². The molecule has 0 saturated heterocycles. The number of aromatic nitrogens is 1. The molecule has 1 atom stereocenters. The van der Waals surface area contributed by atoms with Gasteiger partial charge in [0, 0.05) is 25.4 Å². The van der Waals surface area contributed by atoms with Crippen molar-refractivity contribution in [2.75, 3.05) is 17.6 Å². The van der Waals surface area contributed by atoms with E-state index >= 15 is 0 Å². The maximum atomic E-state index is 14.3. The number of halogens is 4. The molecule has 0 aliphatic heterocycles. The average Bonchev–Trinajstić information content (AvgIpc) is 2.75. The predicted molar refractivity (Wildman–Crippen MR) is 123 cm³/mol. The van der Waals surface area contributed by atoms with Gasteiger partial charge < -0.3 is 5.32 Å². The van der Waals surface area contributed by atoms with Gasteiger partial charge in [0.15, 0.2) is 0 Å². The highest BCUT2D eigenvalue weighted by Gasteiger charge is 2.33. The number of carbonyl (C=O) groups excluding carboxylic acids is 1. The predicted octanol–water partition coefficient (Wildman–Crippen LogP) is 4.55. The van der Waals surface area contributed by atoms with Crippen molar-refractivity contribution in [3.05, 3.63) is 64.7 Å². The van der Waals surface area contributed by atoms with Gasteiger partial charge in [-0.05, 0) is 47.7 Å². The van der Waals surface area contributed by atoms with E-state index in [0.717, 1.165) is 29.1 Å². The van der Waals surface area contributed by atoms with E-state index in [0.29, 0.717) is 17.5 Å². The highest BCUT2D eigenvalue weighted by molar-refractivity contribution is 7.92. The van der Waals surface area contributed by atoms with Gasteiger partial charge in [-0.2, -0.15) is 13.2 Å². The number of amides is 1. The smallest absolute Gasteiger partial charge is 0.348 e. The van der Waals surface area contributed by atoms with E-state index in [1.165, 1.54) is 37.4 Å². The molecule has 0 aliphatic carbocycles. The Hall–Kier alpha value is -2.95. The van der Waals surface area contributed by atoms with Crippen LogP contribution in [0.5, 0.6) is 0 Å². The summed E-state index contributed by atoms with van der Waals surface area (Å²) in [6.45, 7) is 3.80. The van der Waals surface area contributed by atoms with Gasteiger partial charge >= 0.3 is 6.18 Å². The van der Waals surface area contributed by atoms with Crippen LogP contribution in [0.2, 0.25) is 0 Å². The minimum Gasteiger partial charge on any atom is -0.348 e. The van der Waals surface area contributed by atoms with E-state index < -0.39 is 33.6 Å². The molecule has 0 spiro atoms. The first-order valence-corrected chi connectivity index (χ1v) is 12.3. The van der Waals surface area contributed by atoms with Gasteiger partial charge in [0.2, 0.25) is 15.9 Å². The summed E-state index contributed by atoms with van der Waals surface area (Å²) in [6.07, 6.45) is 0.0435. The fourth-order valence-corrected chi connectivity index (χ4v) is 3.47. The third kappa shape index (κ3) is 7.54. The lowest BCUT2D eigenvalue weighted by molar-refractivity contribution is -0.141. The Morgan fingerprint density at radius 2 is 1.91 bits per heavy atom. The molecule has 6 nitrogen and oxygen atoms in total. The van der Waals surface area contributed by atoms with Gasteiger partial charge in [0.05, 0.1) is 11.9 Å². The van der Waals surface area contributed by atoms with Gasteiger partial charge in [-0.25, -0.2) is 17.8 Å². The number of nitrogens with zero attached hydrogens (tertiary/aromatic N) is 2. The van der Waals surface area contributed by atoms with Crippen LogP contribution in [-0.2, 0) is 34.0 Å². The van der Waals surface area contributed by atoms with Gasteiger partial charge in [0.25, 0.3) is 0 Å². The summed E-state index contributed by atoms with van der Waals surface area (Å²) in [4.78, 5) is 16.0. The quantitative estimate of drug-likeness (QED) is 0.404. The van der Waals surface area contributed by atoms with Gasteiger partial charge in [0.1, 0.15) is 11.5 Å². The Morgan fingerprint density at radius 3 is 2.47 bits per heavy atom. The molecule has 1 heterocycles. The summed E-state index contributed by atoms with van der Waals surface area (Å²) in [5.74, 6) is -1.19. The van der Waals surface area contributed by atoms with E-state index in [1.54, 1.807) is 0 Å². The van der Waals surface area contributed by atoms with Crippen molar-refractivity contribution >= 4 is 27.7 Å². The zero-order valence-electron chi connectivity index (χ0n) is 19.3. The topological polar surface area (TPSA) is 79.4 Å². The van der Waals surface area contributed by atoms with E-state index in [9.17, 15) is 30.8 Å². The molecule has 34 heavy (non-hydrogen) atoms. The summed E-state index contributed by atoms with van der Waals surface area (Å²) in [5, 5.41) is 2.56. The molecule has 11 heteroatoms. The zero-order valence-corrected chi connectivity index (χ0v) is 20.1. The van der Waals surface area contributed by atoms with Crippen LogP contribution in [0.3, 0.4) is 0 Å². The normalized spacial score (nSPS) is 13.2. The fraction of sp³-hybridized carbons (Fsp3) is 0.391. The van der Waals surface area contributed by atoms with Crippen molar-refractivity contribution in [2.24, 2.45) is 5.92 Å². The third-order valence-corrected chi connectivity index (χ3v) is 6.46. The van der Waals surface area contributed by atoms with Crippen LogP contribution >= 0.6 is 0 Å². The SMILES string of the molecule is CCC(C)Cc1nc(C(F)(F)F)ccc1/C=C/C(=O)NCc1ccc(N(C)S(C)(=O)=O)c(F)c1. The average molecular weight is 502 g/mol. The zero-order chi connectivity index (χ0) is 25.7. The van der Waals surface area contributed by atoms with Crippen LogP contribution in [0.4, 0.5) is 23.2 Å². The molecule has 0 aliphatic rings. The molecule has 186 valence electrons. The Morgan fingerprint density at radius 1 is 1.24 bits per heavy atom. The van der Waals surface area contributed by atoms with Crippen molar-refractivity contribution in [1.82, 2.24) is 10.3 Å². The van der Waals surface area contributed by atoms with Crippen molar-refractivity contribution in [3.8, 4) is 0 Å². The summed E-state index contributed by atoms with van der Waals surface area (Å²) in [5.41, 5.74) is -0.0531. The molecule has 0 bridgehead atoms. The molecule has 0 radical (unpaired) electrons. The monoisotopic (exact) mass is 501 g/mol. The lowest BCUT2D eigenvalue weighted by Crippen LogP contribution is -2.26. The standard InChI is InChI=1S/C23H27F4N3O3S/c1-5-15(2)12-19-17(7-10-21(29-19)23(25,26)27)8-11-22(31)28-14-16-6-9-20(18(24)13-16)30(3)34(4,32)33/h6-11,13,15H,5,12,14H2,1-4H3,(H,28,31)/b11-8+. The Balaban J connectivity index is 2.12. The molecule has 0 fully saturated rings.